The van der Waals surface area contributed by atoms with E-state index in [1.54, 1.807) is 6.07 Å². The number of amides is 1. The summed E-state index contributed by atoms with van der Waals surface area (Å²) in [6.45, 7) is 6.29. The lowest BCUT2D eigenvalue weighted by molar-refractivity contribution is 0.0245. The molecule has 118 valence electrons. The average Bonchev–Trinajstić information content (AvgIpc) is 2.81. The van der Waals surface area contributed by atoms with Crippen molar-refractivity contribution in [2.24, 2.45) is 0 Å². The molecule has 0 unspecified atom stereocenters. The molecule has 1 aliphatic carbocycles. The second-order valence-electron chi connectivity index (χ2n) is 7.15. The zero-order valence-corrected chi connectivity index (χ0v) is 13.2. The first-order chi connectivity index (χ1) is 9.80. The van der Waals surface area contributed by atoms with Crippen LogP contribution in [-0.2, 0) is 5.41 Å². The maximum atomic E-state index is 12.1. The minimum absolute atomic E-state index is 0.176. The zero-order chi connectivity index (χ0) is 15.5. The standard InChI is InChI=1S/C16H26N2O3/c1-15(2,3)13-10-12(18-21-13)14(19)17-11-16(20)8-6-4-5-7-9-16/h10,20H,4-9,11H2,1-3H3,(H,17,19). The Labute approximate surface area is 126 Å². The Hall–Kier alpha value is -1.36. The van der Waals surface area contributed by atoms with E-state index in [4.69, 9.17) is 4.52 Å². The van der Waals surface area contributed by atoms with Crippen LogP contribution in [0.4, 0.5) is 0 Å². The maximum Gasteiger partial charge on any atom is 0.273 e. The van der Waals surface area contributed by atoms with Crippen LogP contribution in [0.25, 0.3) is 0 Å². The topological polar surface area (TPSA) is 75.4 Å². The normalized spacial score (nSPS) is 19.0. The Bertz CT molecular complexity index is 480. The fraction of sp³-hybridized carbons (Fsp3) is 0.750. The summed E-state index contributed by atoms with van der Waals surface area (Å²) in [6, 6.07) is 1.67. The van der Waals surface area contributed by atoms with Crippen LogP contribution in [0.3, 0.4) is 0 Å². The third-order valence-corrected chi connectivity index (χ3v) is 4.09. The summed E-state index contributed by atoms with van der Waals surface area (Å²) in [7, 11) is 0. The van der Waals surface area contributed by atoms with E-state index >= 15 is 0 Å². The molecular weight excluding hydrogens is 268 g/mol. The molecule has 1 aromatic heterocycles. The van der Waals surface area contributed by atoms with E-state index in [1.807, 2.05) is 20.8 Å². The number of nitrogens with one attached hydrogen (secondary N) is 1. The Balaban J connectivity index is 1.93. The highest BCUT2D eigenvalue weighted by atomic mass is 16.5. The predicted octanol–water partition coefficient (Wildman–Crippen LogP) is 2.79. The molecule has 1 aromatic rings. The molecule has 1 fully saturated rings. The van der Waals surface area contributed by atoms with E-state index in [-0.39, 0.29) is 23.6 Å². The van der Waals surface area contributed by atoms with Crippen LogP contribution in [0, 0.1) is 0 Å². The number of hydrogen-bond donors (Lipinski definition) is 2. The molecule has 1 aliphatic rings. The summed E-state index contributed by atoms with van der Waals surface area (Å²) in [5.74, 6) is 0.396. The van der Waals surface area contributed by atoms with Gasteiger partial charge in [0.15, 0.2) is 5.69 Å². The van der Waals surface area contributed by atoms with E-state index in [0.29, 0.717) is 5.76 Å². The fourth-order valence-corrected chi connectivity index (χ4v) is 2.63. The maximum absolute atomic E-state index is 12.1. The molecule has 0 atom stereocenters. The predicted molar refractivity (Wildman–Crippen MR) is 80.2 cm³/mol. The van der Waals surface area contributed by atoms with Gasteiger partial charge in [0.1, 0.15) is 5.76 Å². The van der Waals surface area contributed by atoms with Gasteiger partial charge in [-0.1, -0.05) is 51.6 Å². The van der Waals surface area contributed by atoms with Crippen molar-refractivity contribution < 1.29 is 14.4 Å². The van der Waals surface area contributed by atoms with Gasteiger partial charge in [-0.15, -0.1) is 0 Å². The largest absolute Gasteiger partial charge is 0.388 e. The van der Waals surface area contributed by atoms with Gasteiger partial charge in [0.2, 0.25) is 0 Å². The van der Waals surface area contributed by atoms with Crippen molar-refractivity contribution in [1.82, 2.24) is 10.5 Å². The molecule has 0 radical (unpaired) electrons. The lowest BCUT2D eigenvalue weighted by atomic mass is 9.93. The average molecular weight is 294 g/mol. The third-order valence-electron chi connectivity index (χ3n) is 4.09. The summed E-state index contributed by atoms with van der Waals surface area (Å²) >= 11 is 0. The number of hydrogen-bond acceptors (Lipinski definition) is 4. The number of nitrogens with zero attached hydrogens (tertiary/aromatic N) is 1. The summed E-state index contributed by atoms with van der Waals surface area (Å²) < 4.78 is 5.21. The Morgan fingerprint density at radius 1 is 1.33 bits per heavy atom. The number of aliphatic hydroxyl groups is 1. The number of carbonyl (C=O) groups excluding carboxylic acids is 1. The monoisotopic (exact) mass is 294 g/mol. The van der Waals surface area contributed by atoms with Gasteiger partial charge < -0.3 is 14.9 Å². The van der Waals surface area contributed by atoms with Crippen LogP contribution in [0.1, 0.15) is 75.5 Å². The smallest absolute Gasteiger partial charge is 0.273 e. The molecule has 2 N–H and O–H groups in total. The Morgan fingerprint density at radius 3 is 2.48 bits per heavy atom. The van der Waals surface area contributed by atoms with E-state index in [2.05, 4.69) is 10.5 Å². The number of aromatic nitrogens is 1. The molecule has 0 bridgehead atoms. The summed E-state index contributed by atoms with van der Waals surface area (Å²) in [4.78, 5) is 12.1. The molecule has 0 saturated heterocycles. The minimum Gasteiger partial charge on any atom is -0.388 e. The van der Waals surface area contributed by atoms with Crippen molar-refractivity contribution in [3.8, 4) is 0 Å². The van der Waals surface area contributed by atoms with Crippen molar-refractivity contribution in [2.75, 3.05) is 6.54 Å². The molecule has 21 heavy (non-hydrogen) atoms. The number of carbonyl (C=O) groups is 1. The fourth-order valence-electron chi connectivity index (χ4n) is 2.63. The van der Waals surface area contributed by atoms with Gasteiger partial charge in [-0.3, -0.25) is 4.79 Å². The molecule has 1 heterocycles. The quantitative estimate of drug-likeness (QED) is 0.841. The van der Waals surface area contributed by atoms with Crippen LogP contribution in [-0.4, -0.2) is 28.3 Å². The van der Waals surface area contributed by atoms with E-state index in [0.717, 1.165) is 38.5 Å². The van der Waals surface area contributed by atoms with Gasteiger partial charge in [-0.25, -0.2) is 0 Å². The minimum atomic E-state index is -0.775. The third kappa shape index (κ3) is 4.30. The molecule has 5 heteroatoms. The zero-order valence-electron chi connectivity index (χ0n) is 13.2. The molecule has 5 nitrogen and oxygen atoms in total. The van der Waals surface area contributed by atoms with Crippen LogP contribution in [0.15, 0.2) is 10.6 Å². The second kappa shape index (κ2) is 6.18. The molecule has 0 aromatic carbocycles. The molecular formula is C16H26N2O3. The summed E-state index contributed by atoms with van der Waals surface area (Å²) in [5, 5.41) is 17.1. The Morgan fingerprint density at radius 2 is 1.95 bits per heavy atom. The molecule has 0 spiro atoms. The van der Waals surface area contributed by atoms with Crippen LogP contribution >= 0.6 is 0 Å². The summed E-state index contributed by atoms with van der Waals surface area (Å²) in [5.41, 5.74) is -0.675. The first-order valence-electron chi connectivity index (χ1n) is 7.78. The van der Waals surface area contributed by atoms with Crippen LogP contribution in [0.2, 0.25) is 0 Å². The number of rotatable bonds is 3. The first kappa shape index (κ1) is 16.0. The van der Waals surface area contributed by atoms with Gasteiger partial charge >= 0.3 is 0 Å². The highest BCUT2D eigenvalue weighted by molar-refractivity contribution is 5.92. The van der Waals surface area contributed by atoms with Gasteiger partial charge in [0, 0.05) is 18.0 Å². The second-order valence-corrected chi connectivity index (χ2v) is 7.15. The van der Waals surface area contributed by atoms with E-state index in [9.17, 15) is 9.90 Å². The highest BCUT2D eigenvalue weighted by Crippen LogP contribution is 2.26. The SMILES string of the molecule is CC(C)(C)c1cc(C(=O)NCC2(O)CCCCCC2)no1. The van der Waals surface area contributed by atoms with Gasteiger partial charge in [-0.2, -0.15) is 0 Å². The Kier molecular flexibility index (Phi) is 4.71. The lowest BCUT2D eigenvalue weighted by Crippen LogP contribution is -2.42. The van der Waals surface area contributed by atoms with Crippen molar-refractivity contribution in [3.63, 3.8) is 0 Å². The van der Waals surface area contributed by atoms with E-state index < -0.39 is 5.60 Å². The summed E-state index contributed by atoms with van der Waals surface area (Å²) in [6.07, 6.45) is 5.86. The lowest BCUT2D eigenvalue weighted by Gasteiger charge is -2.26. The van der Waals surface area contributed by atoms with Gasteiger partial charge in [0.25, 0.3) is 5.91 Å². The molecule has 2 rings (SSSR count). The van der Waals surface area contributed by atoms with Crippen molar-refractivity contribution in [1.29, 1.82) is 0 Å². The van der Waals surface area contributed by atoms with Gasteiger partial charge in [-0.05, 0) is 12.8 Å². The highest BCUT2D eigenvalue weighted by Gasteiger charge is 2.29. The first-order valence-corrected chi connectivity index (χ1v) is 7.78. The van der Waals surface area contributed by atoms with Gasteiger partial charge in [0.05, 0.1) is 5.60 Å². The van der Waals surface area contributed by atoms with Crippen LogP contribution < -0.4 is 5.32 Å². The van der Waals surface area contributed by atoms with E-state index in [1.165, 1.54) is 0 Å². The van der Waals surface area contributed by atoms with Crippen LogP contribution in [0.5, 0.6) is 0 Å². The molecule has 1 saturated carbocycles. The molecule has 0 aliphatic heterocycles. The van der Waals surface area contributed by atoms with Crippen molar-refractivity contribution in [2.45, 2.75) is 70.3 Å². The van der Waals surface area contributed by atoms with Crippen molar-refractivity contribution in [3.05, 3.63) is 17.5 Å². The van der Waals surface area contributed by atoms with Crippen molar-refractivity contribution >= 4 is 5.91 Å². The molecule has 1 amide bonds.